The van der Waals surface area contributed by atoms with Gasteiger partial charge in [-0.1, -0.05) is 15.9 Å². The molecule has 1 aliphatic heterocycles. The SMILES string of the molecule is NC(=O)c1ccc(N2CCN(c3ncnc4ccc(Br)cc34)CC2)cc1. The largest absolute Gasteiger partial charge is 0.368 e. The van der Waals surface area contributed by atoms with Gasteiger partial charge in [-0.15, -0.1) is 0 Å². The van der Waals surface area contributed by atoms with E-state index in [1.807, 2.05) is 24.3 Å². The van der Waals surface area contributed by atoms with Gasteiger partial charge in [0.2, 0.25) is 5.91 Å². The Labute approximate surface area is 159 Å². The second-order valence-corrected chi connectivity index (χ2v) is 7.16. The number of carbonyl (C=O) groups excluding carboxylic acids is 1. The topological polar surface area (TPSA) is 75.4 Å². The van der Waals surface area contributed by atoms with E-state index in [0.717, 1.165) is 53.1 Å². The van der Waals surface area contributed by atoms with E-state index < -0.39 is 5.91 Å². The van der Waals surface area contributed by atoms with Gasteiger partial charge in [0.05, 0.1) is 5.52 Å². The summed E-state index contributed by atoms with van der Waals surface area (Å²) in [7, 11) is 0. The summed E-state index contributed by atoms with van der Waals surface area (Å²) in [5, 5.41) is 1.06. The number of piperazine rings is 1. The zero-order chi connectivity index (χ0) is 18.1. The van der Waals surface area contributed by atoms with Crippen molar-refractivity contribution in [3.8, 4) is 0 Å². The van der Waals surface area contributed by atoms with Crippen molar-refractivity contribution < 1.29 is 4.79 Å². The highest BCUT2D eigenvalue weighted by Crippen LogP contribution is 2.27. The van der Waals surface area contributed by atoms with E-state index in [-0.39, 0.29) is 0 Å². The summed E-state index contributed by atoms with van der Waals surface area (Å²) in [6, 6.07) is 13.5. The van der Waals surface area contributed by atoms with Crippen LogP contribution in [-0.4, -0.2) is 42.1 Å². The minimum atomic E-state index is -0.400. The molecule has 0 radical (unpaired) electrons. The van der Waals surface area contributed by atoms with Gasteiger partial charge in [-0.2, -0.15) is 0 Å². The number of nitrogens with zero attached hydrogens (tertiary/aromatic N) is 4. The van der Waals surface area contributed by atoms with Crippen LogP contribution in [0.2, 0.25) is 0 Å². The number of halogens is 1. The molecule has 1 fully saturated rings. The highest BCUT2D eigenvalue weighted by molar-refractivity contribution is 9.10. The normalized spacial score (nSPS) is 14.7. The number of nitrogens with two attached hydrogens (primary N) is 1. The molecular weight excluding hydrogens is 394 g/mol. The van der Waals surface area contributed by atoms with E-state index in [9.17, 15) is 4.79 Å². The van der Waals surface area contributed by atoms with Crippen LogP contribution in [0.5, 0.6) is 0 Å². The number of benzene rings is 2. The van der Waals surface area contributed by atoms with Gasteiger partial charge in [0.15, 0.2) is 0 Å². The summed E-state index contributed by atoms with van der Waals surface area (Å²) in [5.41, 5.74) is 7.89. The first-order valence-electron chi connectivity index (χ1n) is 8.42. The van der Waals surface area contributed by atoms with E-state index in [2.05, 4.69) is 41.8 Å². The lowest BCUT2D eigenvalue weighted by Gasteiger charge is -2.37. The van der Waals surface area contributed by atoms with Crippen LogP contribution in [0.4, 0.5) is 11.5 Å². The van der Waals surface area contributed by atoms with Crippen molar-refractivity contribution in [2.24, 2.45) is 5.73 Å². The highest BCUT2D eigenvalue weighted by atomic mass is 79.9. The van der Waals surface area contributed by atoms with Crippen molar-refractivity contribution in [3.63, 3.8) is 0 Å². The summed E-state index contributed by atoms with van der Waals surface area (Å²) in [6.07, 6.45) is 1.63. The van der Waals surface area contributed by atoms with Gasteiger partial charge >= 0.3 is 0 Å². The molecule has 0 aliphatic carbocycles. The molecule has 0 bridgehead atoms. The molecule has 1 saturated heterocycles. The number of rotatable bonds is 3. The fourth-order valence-corrected chi connectivity index (χ4v) is 3.64. The lowest BCUT2D eigenvalue weighted by atomic mass is 10.1. The smallest absolute Gasteiger partial charge is 0.248 e. The van der Waals surface area contributed by atoms with Crippen molar-refractivity contribution >= 4 is 44.2 Å². The number of hydrogen-bond acceptors (Lipinski definition) is 5. The lowest BCUT2D eigenvalue weighted by Crippen LogP contribution is -2.46. The van der Waals surface area contributed by atoms with Crippen LogP contribution in [0.15, 0.2) is 53.3 Å². The number of primary amides is 1. The van der Waals surface area contributed by atoms with Crippen LogP contribution in [0, 0.1) is 0 Å². The van der Waals surface area contributed by atoms with Gasteiger partial charge in [0.25, 0.3) is 0 Å². The number of hydrogen-bond donors (Lipinski definition) is 1. The van der Waals surface area contributed by atoms with Gasteiger partial charge in [-0.05, 0) is 42.5 Å². The average Bonchev–Trinajstić information content (AvgIpc) is 2.68. The molecular formula is C19H18BrN5O. The molecule has 2 heterocycles. The van der Waals surface area contributed by atoms with Crippen LogP contribution in [-0.2, 0) is 0 Å². The summed E-state index contributed by atoms with van der Waals surface area (Å²) in [6.45, 7) is 3.51. The molecule has 0 unspecified atom stereocenters. The van der Waals surface area contributed by atoms with Crippen LogP contribution in [0.25, 0.3) is 10.9 Å². The number of amides is 1. The minimum Gasteiger partial charge on any atom is -0.368 e. The van der Waals surface area contributed by atoms with Crippen molar-refractivity contribution in [2.45, 2.75) is 0 Å². The van der Waals surface area contributed by atoms with Crippen LogP contribution in [0.1, 0.15) is 10.4 Å². The molecule has 1 amide bonds. The van der Waals surface area contributed by atoms with Crippen LogP contribution >= 0.6 is 15.9 Å². The van der Waals surface area contributed by atoms with Gasteiger partial charge in [0, 0.05) is 47.3 Å². The molecule has 2 N–H and O–H groups in total. The molecule has 132 valence electrons. The summed E-state index contributed by atoms with van der Waals surface area (Å²) < 4.78 is 1.02. The fourth-order valence-electron chi connectivity index (χ4n) is 3.28. The molecule has 0 spiro atoms. The Bertz CT molecular complexity index is 952. The molecule has 0 saturated carbocycles. The third-order valence-electron chi connectivity index (χ3n) is 4.67. The summed E-state index contributed by atoms with van der Waals surface area (Å²) >= 11 is 3.53. The van der Waals surface area contributed by atoms with Crippen molar-refractivity contribution in [1.82, 2.24) is 9.97 Å². The Morgan fingerprint density at radius 2 is 1.65 bits per heavy atom. The van der Waals surface area contributed by atoms with E-state index in [1.165, 1.54) is 0 Å². The molecule has 1 aromatic heterocycles. The first-order chi connectivity index (χ1) is 12.6. The zero-order valence-corrected chi connectivity index (χ0v) is 15.7. The third kappa shape index (κ3) is 3.22. The number of carbonyl (C=O) groups is 1. The monoisotopic (exact) mass is 411 g/mol. The van der Waals surface area contributed by atoms with Gasteiger partial charge < -0.3 is 15.5 Å². The molecule has 3 aromatic rings. The molecule has 6 nitrogen and oxygen atoms in total. The van der Waals surface area contributed by atoms with E-state index in [0.29, 0.717) is 5.56 Å². The van der Waals surface area contributed by atoms with Crippen molar-refractivity contribution in [3.05, 3.63) is 58.8 Å². The second-order valence-electron chi connectivity index (χ2n) is 6.24. The highest BCUT2D eigenvalue weighted by Gasteiger charge is 2.20. The maximum Gasteiger partial charge on any atom is 0.248 e. The molecule has 0 atom stereocenters. The standard InChI is InChI=1S/C19H18BrN5O/c20-14-3-6-17-16(11-14)19(23-12-22-17)25-9-7-24(8-10-25)15-4-1-13(2-5-15)18(21)26/h1-6,11-12H,7-10H2,(H2,21,26). The second kappa shape index (κ2) is 6.92. The molecule has 7 heteroatoms. The van der Waals surface area contributed by atoms with Crippen LogP contribution < -0.4 is 15.5 Å². The summed E-state index contributed by atoms with van der Waals surface area (Å²) in [4.78, 5) is 24.7. The maximum atomic E-state index is 11.2. The molecule has 4 rings (SSSR count). The predicted molar refractivity (Wildman–Crippen MR) is 107 cm³/mol. The lowest BCUT2D eigenvalue weighted by molar-refractivity contribution is 0.100. The van der Waals surface area contributed by atoms with Gasteiger partial charge in [-0.3, -0.25) is 4.79 Å². The first-order valence-corrected chi connectivity index (χ1v) is 9.21. The zero-order valence-electron chi connectivity index (χ0n) is 14.1. The maximum absolute atomic E-state index is 11.2. The number of anilines is 2. The van der Waals surface area contributed by atoms with E-state index in [4.69, 9.17) is 5.73 Å². The predicted octanol–water partition coefficient (Wildman–Crippen LogP) is 2.82. The first kappa shape index (κ1) is 16.8. The Kier molecular flexibility index (Phi) is 4.46. The molecule has 1 aliphatic rings. The van der Waals surface area contributed by atoms with Crippen LogP contribution in [0.3, 0.4) is 0 Å². The summed E-state index contributed by atoms with van der Waals surface area (Å²) in [5.74, 6) is 0.572. The van der Waals surface area contributed by atoms with Crippen molar-refractivity contribution in [1.29, 1.82) is 0 Å². The average molecular weight is 412 g/mol. The number of fused-ring (bicyclic) bond motifs is 1. The van der Waals surface area contributed by atoms with E-state index in [1.54, 1.807) is 18.5 Å². The Morgan fingerprint density at radius 3 is 2.35 bits per heavy atom. The van der Waals surface area contributed by atoms with Gasteiger partial charge in [0.1, 0.15) is 12.1 Å². The number of aromatic nitrogens is 2. The quantitative estimate of drug-likeness (QED) is 0.716. The fraction of sp³-hybridized carbons (Fsp3) is 0.211. The third-order valence-corrected chi connectivity index (χ3v) is 5.17. The van der Waals surface area contributed by atoms with E-state index >= 15 is 0 Å². The Balaban J connectivity index is 1.52. The minimum absolute atomic E-state index is 0.400. The molecule has 2 aromatic carbocycles. The van der Waals surface area contributed by atoms with Gasteiger partial charge in [-0.25, -0.2) is 9.97 Å². The Hall–Kier alpha value is -2.67. The van der Waals surface area contributed by atoms with Crippen molar-refractivity contribution in [2.75, 3.05) is 36.0 Å². The Morgan fingerprint density at radius 1 is 0.962 bits per heavy atom. The molecule has 26 heavy (non-hydrogen) atoms.